The highest BCUT2D eigenvalue weighted by molar-refractivity contribution is 6.04. The molecule has 0 unspecified atom stereocenters. The quantitative estimate of drug-likeness (QED) is 0.788. The van der Waals surface area contributed by atoms with Crippen LogP contribution in [-0.2, 0) is 17.5 Å². The van der Waals surface area contributed by atoms with E-state index in [1.165, 1.54) is 42.3 Å². The lowest BCUT2D eigenvalue weighted by atomic mass is 10.0. The Morgan fingerprint density at radius 3 is 2.59 bits per heavy atom. The molecule has 6 nitrogen and oxygen atoms in total. The van der Waals surface area contributed by atoms with Gasteiger partial charge in [-0.1, -0.05) is 0 Å². The first-order valence-corrected chi connectivity index (χ1v) is 8.86. The van der Waals surface area contributed by atoms with Crippen molar-refractivity contribution in [3.05, 3.63) is 59.4 Å². The molecule has 1 amide bonds. The van der Waals surface area contributed by atoms with Crippen LogP contribution >= 0.6 is 0 Å². The van der Waals surface area contributed by atoms with Gasteiger partial charge in [-0.25, -0.2) is 4.39 Å². The highest BCUT2D eigenvalue weighted by Gasteiger charge is 2.35. The third-order valence-electron chi connectivity index (χ3n) is 4.49. The second-order valence-electron chi connectivity index (χ2n) is 6.56. The lowest BCUT2D eigenvalue weighted by Crippen LogP contribution is -2.40. The Hall–Kier alpha value is -3.17. The third kappa shape index (κ3) is 4.64. The number of likely N-dealkylation sites (tertiary alicyclic amines) is 1. The summed E-state index contributed by atoms with van der Waals surface area (Å²) in [6, 6.07) is 6.45. The zero-order chi connectivity index (χ0) is 21.2. The number of carbonyl (C=O) groups excluding carboxylic acids is 1. The van der Waals surface area contributed by atoms with Crippen molar-refractivity contribution in [1.82, 2.24) is 14.7 Å². The monoisotopic (exact) mass is 409 g/mol. The largest absolute Gasteiger partial charge is 0.435 e. The zero-order valence-corrected chi connectivity index (χ0v) is 15.6. The number of carbonyl (C=O) groups is 1. The van der Waals surface area contributed by atoms with Gasteiger partial charge in [0, 0.05) is 18.4 Å². The summed E-state index contributed by atoms with van der Waals surface area (Å²) in [7, 11) is 0. The van der Waals surface area contributed by atoms with Gasteiger partial charge in [-0.15, -0.1) is 0 Å². The van der Waals surface area contributed by atoms with Crippen molar-refractivity contribution in [2.24, 2.45) is 10.7 Å². The first-order valence-electron chi connectivity index (χ1n) is 8.86. The average Bonchev–Trinajstić information content (AvgIpc) is 3.04. The van der Waals surface area contributed by atoms with Crippen LogP contribution in [0, 0.1) is 12.7 Å². The number of aliphatic imine (C=N–C) groups is 1. The molecule has 1 saturated heterocycles. The molecule has 0 atom stereocenters. The van der Waals surface area contributed by atoms with E-state index in [0.29, 0.717) is 36.5 Å². The Morgan fingerprint density at radius 1 is 1.31 bits per heavy atom. The fourth-order valence-corrected chi connectivity index (χ4v) is 3.06. The predicted octanol–water partition coefficient (Wildman–Crippen LogP) is 3.54. The Kier molecular flexibility index (Phi) is 5.71. The Labute approximate surface area is 164 Å². The number of aryl methyl sites for hydroxylation is 1. The average molecular weight is 409 g/mol. The number of allylic oxidation sites excluding steroid dienone is 1. The number of nitrogens with zero attached hydrogens (tertiary/aromatic N) is 4. The van der Waals surface area contributed by atoms with Crippen molar-refractivity contribution < 1.29 is 22.4 Å². The van der Waals surface area contributed by atoms with Crippen LogP contribution in [0.4, 0.5) is 23.2 Å². The maximum Gasteiger partial charge on any atom is 0.435 e. The van der Waals surface area contributed by atoms with Crippen molar-refractivity contribution in [3.8, 4) is 0 Å². The van der Waals surface area contributed by atoms with Crippen LogP contribution in [0.1, 0.15) is 24.2 Å². The van der Waals surface area contributed by atoms with Gasteiger partial charge in [-0.3, -0.25) is 14.5 Å². The van der Waals surface area contributed by atoms with Crippen LogP contribution < -0.4 is 5.73 Å². The normalized spacial score (nSPS) is 17.9. The van der Waals surface area contributed by atoms with Crippen molar-refractivity contribution in [2.45, 2.75) is 32.5 Å². The number of benzene rings is 1. The molecule has 0 saturated carbocycles. The minimum Gasteiger partial charge on any atom is -0.403 e. The smallest absolute Gasteiger partial charge is 0.403 e. The highest BCUT2D eigenvalue weighted by Crippen LogP contribution is 2.28. The van der Waals surface area contributed by atoms with Crippen LogP contribution in [0.15, 0.2) is 47.2 Å². The molecular weight excluding hydrogens is 390 g/mol. The van der Waals surface area contributed by atoms with E-state index in [-0.39, 0.29) is 12.2 Å². The van der Waals surface area contributed by atoms with Gasteiger partial charge in [0.25, 0.3) is 0 Å². The molecule has 3 rings (SSSR count). The molecule has 0 aliphatic carbocycles. The number of aromatic nitrogens is 2. The molecule has 2 N–H and O–H groups in total. The summed E-state index contributed by atoms with van der Waals surface area (Å²) >= 11 is 0. The van der Waals surface area contributed by atoms with Gasteiger partial charge in [0.1, 0.15) is 12.4 Å². The number of hydrogen-bond donors (Lipinski definition) is 1. The lowest BCUT2D eigenvalue weighted by molar-refractivity contribution is -0.142. The van der Waals surface area contributed by atoms with Crippen LogP contribution in [0.5, 0.6) is 0 Å². The van der Waals surface area contributed by atoms with E-state index in [1.807, 2.05) is 0 Å². The van der Waals surface area contributed by atoms with Crippen LogP contribution in [0.25, 0.3) is 0 Å². The minimum atomic E-state index is -4.58. The third-order valence-corrected chi connectivity index (χ3v) is 4.49. The number of halogens is 4. The Bertz CT molecular complexity index is 960. The van der Waals surface area contributed by atoms with Crippen molar-refractivity contribution in [3.63, 3.8) is 0 Å². The summed E-state index contributed by atoms with van der Waals surface area (Å²) in [6.07, 6.45) is -2.17. The molecule has 29 heavy (non-hydrogen) atoms. The van der Waals surface area contributed by atoms with Crippen LogP contribution in [0.2, 0.25) is 0 Å². The first kappa shape index (κ1) is 20.6. The second kappa shape index (κ2) is 8.06. The SMILES string of the molecule is Cc1cc(C(F)(F)F)nn1CC(=O)N1CCCC(=Nc2ccc(F)cc2)C1=CN. The molecule has 0 spiro atoms. The number of nitrogens with two attached hydrogens (primary N) is 1. The molecule has 1 aliphatic rings. The van der Waals surface area contributed by atoms with Gasteiger partial charge in [0.15, 0.2) is 5.69 Å². The zero-order valence-electron chi connectivity index (χ0n) is 15.6. The van der Waals surface area contributed by atoms with E-state index in [0.717, 1.165) is 10.7 Å². The molecule has 2 aromatic rings. The molecule has 1 aromatic heterocycles. The Balaban J connectivity index is 1.81. The van der Waals surface area contributed by atoms with Gasteiger partial charge in [-0.05, 0) is 50.1 Å². The van der Waals surface area contributed by atoms with Crippen molar-refractivity contribution in [2.75, 3.05) is 6.54 Å². The summed E-state index contributed by atoms with van der Waals surface area (Å²) in [5.41, 5.74) is 6.33. The Morgan fingerprint density at radius 2 is 2.00 bits per heavy atom. The number of amides is 1. The van der Waals surface area contributed by atoms with Crippen molar-refractivity contribution in [1.29, 1.82) is 0 Å². The van der Waals surface area contributed by atoms with E-state index >= 15 is 0 Å². The van der Waals surface area contributed by atoms with E-state index in [1.54, 1.807) is 0 Å². The summed E-state index contributed by atoms with van der Waals surface area (Å²) < 4.78 is 52.6. The summed E-state index contributed by atoms with van der Waals surface area (Å²) in [6.45, 7) is 1.45. The fourth-order valence-electron chi connectivity index (χ4n) is 3.06. The van der Waals surface area contributed by atoms with Gasteiger partial charge < -0.3 is 10.6 Å². The predicted molar refractivity (Wildman–Crippen MR) is 98.7 cm³/mol. The standard InChI is InChI=1S/C19H19F4N5O/c1-12-9-17(19(21,22)23)26-28(12)11-18(29)27-8-2-3-15(16(27)10-24)25-14-6-4-13(20)5-7-14/h4-7,9-10H,2-3,8,11,24H2,1H3. The number of hydrogen-bond acceptors (Lipinski definition) is 4. The molecule has 2 heterocycles. The van der Waals surface area contributed by atoms with Gasteiger partial charge in [0.05, 0.1) is 17.1 Å². The minimum absolute atomic E-state index is 0.223. The van der Waals surface area contributed by atoms with Gasteiger partial charge >= 0.3 is 6.18 Å². The molecule has 1 fully saturated rings. The van der Waals surface area contributed by atoms with Crippen molar-refractivity contribution >= 4 is 17.3 Å². The molecule has 1 aromatic carbocycles. The molecular formula is C19H19F4N5O. The van der Waals surface area contributed by atoms with E-state index < -0.39 is 23.6 Å². The molecule has 1 aliphatic heterocycles. The van der Waals surface area contributed by atoms with E-state index in [2.05, 4.69) is 10.1 Å². The summed E-state index contributed by atoms with van der Waals surface area (Å²) in [5, 5.41) is 3.49. The fraction of sp³-hybridized carbons (Fsp3) is 0.316. The lowest BCUT2D eigenvalue weighted by Gasteiger charge is -2.30. The molecule has 10 heteroatoms. The first-order chi connectivity index (χ1) is 13.7. The maximum atomic E-state index is 13.1. The molecule has 0 radical (unpaired) electrons. The van der Waals surface area contributed by atoms with Gasteiger partial charge in [0.2, 0.25) is 5.91 Å². The van der Waals surface area contributed by atoms with Gasteiger partial charge in [-0.2, -0.15) is 18.3 Å². The highest BCUT2D eigenvalue weighted by atomic mass is 19.4. The molecule has 0 bridgehead atoms. The topological polar surface area (TPSA) is 76.5 Å². The maximum absolute atomic E-state index is 13.1. The second-order valence-corrected chi connectivity index (χ2v) is 6.56. The summed E-state index contributed by atoms with van der Waals surface area (Å²) in [5.74, 6) is -0.843. The van der Waals surface area contributed by atoms with Crippen LogP contribution in [0.3, 0.4) is 0 Å². The summed E-state index contributed by atoms with van der Waals surface area (Å²) in [4.78, 5) is 18.6. The number of piperidine rings is 1. The number of rotatable bonds is 3. The molecule has 154 valence electrons. The van der Waals surface area contributed by atoms with E-state index in [9.17, 15) is 22.4 Å². The van der Waals surface area contributed by atoms with Crippen LogP contribution in [-0.4, -0.2) is 32.8 Å². The van der Waals surface area contributed by atoms with E-state index in [4.69, 9.17) is 5.73 Å². The number of alkyl halides is 3.